The minimum atomic E-state index is -1.24. The molecule has 0 aliphatic rings. The molecule has 0 radical (unpaired) electrons. The Kier molecular flexibility index (Phi) is 10.1. The maximum atomic E-state index is 11.0. The Morgan fingerprint density at radius 3 is 2.68 bits per heavy atom. The van der Waals surface area contributed by atoms with Gasteiger partial charge in [0.25, 0.3) is 6.04 Å². The van der Waals surface area contributed by atoms with Gasteiger partial charge in [-0.15, -0.1) is 0 Å². The van der Waals surface area contributed by atoms with Gasteiger partial charge in [-0.25, -0.2) is 4.79 Å². The van der Waals surface area contributed by atoms with Crippen LogP contribution in [0, 0.1) is 10.1 Å². The highest BCUT2D eigenvalue weighted by molar-refractivity contribution is 5.70. The van der Waals surface area contributed by atoms with Gasteiger partial charge in [0.1, 0.15) is 0 Å². The summed E-state index contributed by atoms with van der Waals surface area (Å²) in [4.78, 5) is 23.3. The molecule has 1 unspecified atom stereocenters. The number of carbonyl (C=O) groups is 1. The molecule has 0 aromatic heterocycles. The molecule has 0 spiro atoms. The second kappa shape index (κ2) is 11.3. The topological polar surface area (TPSA) is 108 Å². The third-order valence-corrected chi connectivity index (χ3v) is 2.68. The quantitative estimate of drug-likeness (QED) is 0.196. The molecule has 0 amide bonds. The number of ether oxygens (including phenoxy) is 2. The first kappa shape index (κ1) is 19.7. The van der Waals surface area contributed by atoms with Gasteiger partial charge in [0.05, 0.1) is 7.11 Å². The van der Waals surface area contributed by atoms with Gasteiger partial charge in [0.15, 0.2) is 12.4 Å². The molecule has 8 nitrogen and oxygen atoms in total. The number of nitrogens with two attached hydrogens (primary N) is 1. The van der Waals surface area contributed by atoms with Crippen LogP contribution in [0.25, 0.3) is 0 Å². The van der Waals surface area contributed by atoms with E-state index in [0.717, 1.165) is 6.54 Å². The fourth-order valence-electron chi connectivity index (χ4n) is 1.44. The van der Waals surface area contributed by atoms with Crippen LogP contribution in [0.4, 0.5) is 0 Å². The van der Waals surface area contributed by atoms with Crippen molar-refractivity contribution in [2.24, 2.45) is 5.73 Å². The molecule has 0 aliphatic carbocycles. The van der Waals surface area contributed by atoms with Crippen molar-refractivity contribution in [3.05, 3.63) is 46.9 Å². The van der Waals surface area contributed by atoms with E-state index in [9.17, 15) is 14.9 Å². The van der Waals surface area contributed by atoms with E-state index >= 15 is 0 Å². The zero-order valence-corrected chi connectivity index (χ0v) is 12.9. The van der Waals surface area contributed by atoms with Crippen LogP contribution in [0.1, 0.15) is 6.92 Å². The Balaban J connectivity index is 4.60. The molecule has 0 aromatic carbocycles. The number of hydrogen-bond acceptors (Lipinski definition) is 7. The summed E-state index contributed by atoms with van der Waals surface area (Å²) >= 11 is 0. The zero-order valence-electron chi connectivity index (χ0n) is 12.9. The molecule has 0 bridgehead atoms. The third kappa shape index (κ3) is 8.05. The van der Waals surface area contributed by atoms with Crippen LogP contribution in [-0.4, -0.2) is 55.2 Å². The summed E-state index contributed by atoms with van der Waals surface area (Å²) in [6, 6.07) is -1.24. The van der Waals surface area contributed by atoms with Gasteiger partial charge in [0.2, 0.25) is 0 Å². The molecule has 0 aromatic rings. The Bertz CT molecular complexity index is 434. The van der Waals surface area contributed by atoms with E-state index in [-0.39, 0.29) is 5.76 Å². The Labute approximate surface area is 130 Å². The fourth-order valence-corrected chi connectivity index (χ4v) is 1.44. The van der Waals surface area contributed by atoms with Gasteiger partial charge in [-0.2, -0.15) is 0 Å². The highest BCUT2D eigenvalue weighted by atomic mass is 16.6. The number of hydrogen-bond donors (Lipinski definition) is 1. The lowest BCUT2D eigenvalue weighted by atomic mass is 10.2. The Morgan fingerprint density at radius 2 is 2.18 bits per heavy atom. The second-order valence-electron chi connectivity index (χ2n) is 4.20. The molecule has 1 atom stereocenters. The molecule has 0 fully saturated rings. The number of nitro groups is 1. The molecule has 0 rings (SSSR count). The van der Waals surface area contributed by atoms with Crippen molar-refractivity contribution in [3.63, 3.8) is 0 Å². The molecule has 0 aliphatic heterocycles. The lowest BCUT2D eigenvalue weighted by Gasteiger charge is -2.15. The number of allylic oxidation sites excluding steroid dienone is 2. The molecular weight excluding hydrogens is 290 g/mol. The van der Waals surface area contributed by atoms with Gasteiger partial charge >= 0.3 is 5.97 Å². The van der Waals surface area contributed by atoms with Crippen LogP contribution < -0.4 is 5.73 Å². The summed E-state index contributed by atoms with van der Waals surface area (Å²) in [7, 11) is 1.20. The lowest BCUT2D eigenvalue weighted by Crippen LogP contribution is -2.24. The molecule has 124 valence electrons. The Morgan fingerprint density at radius 1 is 1.50 bits per heavy atom. The summed E-state index contributed by atoms with van der Waals surface area (Å²) in [5.41, 5.74) is 5.46. The van der Waals surface area contributed by atoms with Crippen LogP contribution in [0.2, 0.25) is 0 Å². The van der Waals surface area contributed by atoms with Crippen LogP contribution in [-0.2, 0) is 14.3 Å². The van der Waals surface area contributed by atoms with Crippen LogP contribution in [0.15, 0.2) is 36.8 Å². The minimum absolute atomic E-state index is 0.130. The number of rotatable bonds is 11. The average molecular weight is 313 g/mol. The van der Waals surface area contributed by atoms with E-state index in [1.165, 1.54) is 19.3 Å². The summed E-state index contributed by atoms with van der Waals surface area (Å²) in [5.74, 6) is -0.762. The van der Waals surface area contributed by atoms with Gasteiger partial charge in [-0.3, -0.25) is 10.1 Å². The fraction of sp³-hybridized carbons (Fsp3) is 0.500. The van der Waals surface area contributed by atoms with Gasteiger partial charge in [-0.1, -0.05) is 12.7 Å². The van der Waals surface area contributed by atoms with E-state index in [2.05, 4.69) is 11.3 Å². The molecule has 22 heavy (non-hydrogen) atoms. The number of likely N-dealkylation sites (N-methyl/N-ethyl adjacent to an activating group) is 1. The van der Waals surface area contributed by atoms with Gasteiger partial charge < -0.3 is 20.1 Å². The largest absolute Gasteiger partial charge is 0.479 e. The lowest BCUT2D eigenvalue weighted by molar-refractivity contribution is -0.503. The predicted octanol–water partition coefficient (Wildman–Crippen LogP) is 0.686. The maximum absolute atomic E-state index is 11.0. The molecule has 0 saturated carbocycles. The van der Waals surface area contributed by atoms with Crippen LogP contribution in [0.3, 0.4) is 0 Å². The van der Waals surface area contributed by atoms with Gasteiger partial charge in [0, 0.05) is 24.6 Å². The normalized spacial score (nSPS) is 12.3. The van der Waals surface area contributed by atoms with Crippen molar-refractivity contribution in [2.75, 3.05) is 33.4 Å². The summed E-state index contributed by atoms with van der Waals surface area (Å²) < 4.78 is 9.32. The first-order chi connectivity index (χ1) is 10.5. The highest BCUT2D eigenvalue weighted by Crippen LogP contribution is 2.08. The second-order valence-corrected chi connectivity index (χ2v) is 4.20. The molecule has 2 N–H and O–H groups in total. The van der Waals surface area contributed by atoms with Crippen molar-refractivity contribution in [1.82, 2.24) is 4.90 Å². The van der Waals surface area contributed by atoms with Crippen molar-refractivity contribution in [3.8, 4) is 0 Å². The van der Waals surface area contributed by atoms with Crippen LogP contribution >= 0.6 is 0 Å². The number of nitrogens with zero attached hydrogens (tertiary/aromatic N) is 2. The number of methoxy groups -OCH3 is 1. The minimum Gasteiger partial charge on any atom is -0.479 e. The molecule has 0 heterocycles. The third-order valence-electron chi connectivity index (χ3n) is 2.68. The zero-order chi connectivity index (χ0) is 17.0. The maximum Gasteiger partial charge on any atom is 0.343 e. The average Bonchev–Trinajstić information content (AvgIpc) is 2.50. The van der Waals surface area contributed by atoms with E-state index in [1.54, 1.807) is 12.3 Å². The van der Waals surface area contributed by atoms with Crippen molar-refractivity contribution in [2.45, 2.75) is 13.0 Å². The number of esters is 1. The van der Waals surface area contributed by atoms with Crippen LogP contribution in [0.5, 0.6) is 0 Å². The SMILES string of the molecule is C=C(OCC(=O)OC)C(C=C/C=C/N(CC)CCN)[N+](=O)[O-]. The summed E-state index contributed by atoms with van der Waals surface area (Å²) in [6.45, 7) is 7.05. The molecular formula is C14H23N3O5. The van der Waals surface area contributed by atoms with E-state index in [1.807, 2.05) is 11.8 Å². The first-order valence-corrected chi connectivity index (χ1v) is 6.77. The standard InChI is InChI=1S/C14H23N3O5/c1-4-16(10-8-15)9-6-5-7-13(17(19)20)12(2)22-11-14(18)21-3/h5-7,9,13H,2,4,8,10-11,15H2,1,3H3/b7-5?,9-6+. The highest BCUT2D eigenvalue weighted by Gasteiger charge is 2.22. The molecule has 0 saturated heterocycles. The molecule has 8 heteroatoms. The van der Waals surface area contributed by atoms with E-state index in [4.69, 9.17) is 10.5 Å². The first-order valence-electron chi connectivity index (χ1n) is 6.77. The van der Waals surface area contributed by atoms with E-state index < -0.39 is 23.5 Å². The van der Waals surface area contributed by atoms with Gasteiger partial charge in [-0.05, 0) is 25.3 Å². The summed E-state index contributed by atoms with van der Waals surface area (Å²) in [5, 5.41) is 11.0. The Hall–Kier alpha value is -2.35. The van der Waals surface area contributed by atoms with Crippen molar-refractivity contribution in [1.29, 1.82) is 0 Å². The van der Waals surface area contributed by atoms with Crippen molar-refractivity contribution < 1.29 is 19.2 Å². The summed E-state index contributed by atoms with van der Waals surface area (Å²) in [6.07, 6.45) is 6.31. The number of carbonyl (C=O) groups excluding carboxylic acids is 1. The smallest absolute Gasteiger partial charge is 0.343 e. The van der Waals surface area contributed by atoms with Crippen molar-refractivity contribution >= 4 is 5.97 Å². The monoisotopic (exact) mass is 313 g/mol. The van der Waals surface area contributed by atoms with E-state index in [0.29, 0.717) is 13.1 Å². The predicted molar refractivity (Wildman–Crippen MR) is 82.5 cm³/mol.